The second-order valence-electron chi connectivity index (χ2n) is 4.66. The first-order valence-corrected chi connectivity index (χ1v) is 6.39. The largest absolute Gasteiger partial charge is 0.480 e. The molecule has 1 N–H and O–H groups in total. The predicted molar refractivity (Wildman–Crippen MR) is 73.7 cm³/mol. The summed E-state index contributed by atoms with van der Waals surface area (Å²) in [6.07, 6.45) is 1.14. The fourth-order valence-corrected chi connectivity index (χ4v) is 2.46. The monoisotopic (exact) mass is 262 g/mol. The Hall–Kier alpha value is -2.04. The Labute approximate surface area is 112 Å². The molecule has 0 fully saturated rings. The van der Waals surface area contributed by atoms with Gasteiger partial charge in [-0.3, -0.25) is 9.59 Å². The van der Waals surface area contributed by atoms with E-state index in [2.05, 4.69) is 0 Å². The highest BCUT2D eigenvalue weighted by molar-refractivity contribution is 5.99. The molecule has 0 aromatic heterocycles. The number of nitrogens with zero attached hydrogens (tertiary/aromatic N) is 2. The summed E-state index contributed by atoms with van der Waals surface area (Å²) in [5.74, 6) is -0.865. The molecule has 0 atom stereocenters. The van der Waals surface area contributed by atoms with Gasteiger partial charge in [0.25, 0.3) is 0 Å². The Morgan fingerprint density at radius 2 is 2.16 bits per heavy atom. The Bertz CT molecular complexity index is 513. The topological polar surface area (TPSA) is 60.9 Å². The van der Waals surface area contributed by atoms with Gasteiger partial charge in [0.1, 0.15) is 6.54 Å². The summed E-state index contributed by atoms with van der Waals surface area (Å²) in [6, 6.07) is 5.76. The van der Waals surface area contributed by atoms with Crippen LogP contribution in [0, 0.1) is 0 Å². The highest BCUT2D eigenvalue weighted by atomic mass is 16.4. The molecule has 0 radical (unpaired) electrons. The third kappa shape index (κ3) is 2.54. The first kappa shape index (κ1) is 13.4. The van der Waals surface area contributed by atoms with Crippen molar-refractivity contribution < 1.29 is 14.7 Å². The van der Waals surface area contributed by atoms with E-state index in [1.54, 1.807) is 16.8 Å². The molecule has 1 aromatic carbocycles. The van der Waals surface area contributed by atoms with Gasteiger partial charge >= 0.3 is 5.97 Å². The van der Waals surface area contributed by atoms with Crippen LogP contribution >= 0.6 is 0 Å². The van der Waals surface area contributed by atoms with E-state index in [0.29, 0.717) is 13.0 Å². The number of fused-ring (bicyclic) bond motifs is 1. The molecule has 5 heteroatoms. The number of hydrogen-bond donors (Lipinski definition) is 1. The predicted octanol–water partition coefficient (Wildman–Crippen LogP) is 1.51. The number of benzene rings is 1. The van der Waals surface area contributed by atoms with E-state index in [1.165, 1.54) is 0 Å². The lowest BCUT2D eigenvalue weighted by molar-refractivity contribution is -0.135. The second-order valence-corrected chi connectivity index (χ2v) is 4.66. The van der Waals surface area contributed by atoms with Gasteiger partial charge in [-0.05, 0) is 18.1 Å². The van der Waals surface area contributed by atoms with Crippen molar-refractivity contribution in [1.29, 1.82) is 0 Å². The normalized spacial score (nSPS) is 15.2. The van der Waals surface area contributed by atoms with Crippen LogP contribution in [0.4, 0.5) is 11.4 Å². The van der Waals surface area contributed by atoms with Crippen LogP contribution in [0.2, 0.25) is 0 Å². The second kappa shape index (κ2) is 5.30. The van der Waals surface area contributed by atoms with Crippen molar-refractivity contribution in [3.05, 3.63) is 23.8 Å². The van der Waals surface area contributed by atoms with Crippen molar-refractivity contribution in [3.8, 4) is 0 Å². The van der Waals surface area contributed by atoms with Gasteiger partial charge in [0.2, 0.25) is 5.91 Å². The van der Waals surface area contributed by atoms with Crippen molar-refractivity contribution in [1.82, 2.24) is 0 Å². The minimum atomic E-state index is -0.881. The number of aliphatic carboxylic acids is 1. The lowest BCUT2D eigenvalue weighted by atomic mass is 10.1. The van der Waals surface area contributed by atoms with Gasteiger partial charge in [-0.2, -0.15) is 0 Å². The summed E-state index contributed by atoms with van der Waals surface area (Å²) < 4.78 is 0. The van der Waals surface area contributed by atoms with E-state index in [-0.39, 0.29) is 12.5 Å². The number of amides is 1. The van der Waals surface area contributed by atoms with E-state index < -0.39 is 5.97 Å². The van der Waals surface area contributed by atoms with Gasteiger partial charge in [-0.1, -0.05) is 19.1 Å². The Balaban J connectivity index is 2.54. The lowest BCUT2D eigenvalue weighted by Crippen LogP contribution is -2.31. The van der Waals surface area contributed by atoms with Gasteiger partial charge in [0.15, 0.2) is 0 Å². The molecule has 0 bridgehead atoms. The van der Waals surface area contributed by atoms with Gasteiger partial charge in [-0.25, -0.2) is 0 Å². The minimum Gasteiger partial charge on any atom is -0.480 e. The molecule has 0 unspecified atom stereocenters. The first-order chi connectivity index (χ1) is 9.04. The molecular weight excluding hydrogens is 244 g/mol. The van der Waals surface area contributed by atoms with Crippen molar-refractivity contribution in [2.24, 2.45) is 0 Å². The molecule has 2 rings (SSSR count). The molecule has 5 nitrogen and oxygen atoms in total. The number of para-hydroxylation sites is 1. The van der Waals surface area contributed by atoms with Gasteiger partial charge in [-0.15, -0.1) is 0 Å². The van der Waals surface area contributed by atoms with Crippen LogP contribution in [0.3, 0.4) is 0 Å². The summed E-state index contributed by atoms with van der Waals surface area (Å²) >= 11 is 0. The SMILES string of the molecule is CCc1cccc2c1N(CC(=O)O)CCC(=O)N2C. The number of anilines is 2. The van der Waals surface area contributed by atoms with Gasteiger partial charge in [0, 0.05) is 20.0 Å². The van der Waals surface area contributed by atoms with E-state index >= 15 is 0 Å². The van der Waals surface area contributed by atoms with Crippen LogP contribution in [0.5, 0.6) is 0 Å². The molecule has 1 aromatic rings. The standard InChI is InChI=1S/C14H18N2O3/c1-3-10-5-4-6-11-14(10)16(9-13(18)19)8-7-12(17)15(11)2/h4-6H,3,7-9H2,1-2H3,(H,18,19). The Kier molecular flexibility index (Phi) is 3.74. The minimum absolute atomic E-state index is 0.0161. The van der Waals surface area contributed by atoms with Crippen molar-refractivity contribution >= 4 is 23.3 Å². The molecule has 102 valence electrons. The smallest absolute Gasteiger partial charge is 0.323 e. The number of aryl methyl sites for hydroxylation is 1. The van der Waals surface area contributed by atoms with Crippen LogP contribution in [0.15, 0.2) is 18.2 Å². The van der Waals surface area contributed by atoms with Crippen molar-refractivity contribution in [3.63, 3.8) is 0 Å². The average molecular weight is 262 g/mol. The maximum atomic E-state index is 12.0. The molecule has 0 spiro atoms. The lowest BCUT2D eigenvalue weighted by Gasteiger charge is -2.26. The number of hydrogen-bond acceptors (Lipinski definition) is 3. The molecule has 0 saturated carbocycles. The molecule has 0 saturated heterocycles. The van der Waals surface area contributed by atoms with Gasteiger partial charge in [0.05, 0.1) is 11.4 Å². The molecule has 1 amide bonds. The zero-order chi connectivity index (χ0) is 14.0. The number of carbonyl (C=O) groups is 2. The number of carboxylic acid groups (broad SMARTS) is 1. The van der Waals surface area contributed by atoms with Crippen LogP contribution in [0.25, 0.3) is 0 Å². The third-order valence-corrected chi connectivity index (χ3v) is 3.45. The van der Waals surface area contributed by atoms with Crippen LogP contribution < -0.4 is 9.80 Å². The van der Waals surface area contributed by atoms with Crippen molar-refractivity contribution in [2.75, 3.05) is 29.9 Å². The van der Waals surface area contributed by atoms with Crippen molar-refractivity contribution in [2.45, 2.75) is 19.8 Å². The maximum Gasteiger partial charge on any atom is 0.323 e. The fourth-order valence-electron chi connectivity index (χ4n) is 2.46. The van der Waals surface area contributed by atoms with Crippen LogP contribution in [-0.4, -0.2) is 37.1 Å². The Morgan fingerprint density at radius 1 is 1.42 bits per heavy atom. The highest BCUT2D eigenvalue weighted by Crippen LogP contribution is 2.35. The van der Waals surface area contributed by atoms with Crippen LogP contribution in [-0.2, 0) is 16.0 Å². The number of carbonyl (C=O) groups excluding carboxylic acids is 1. The van der Waals surface area contributed by atoms with Gasteiger partial charge < -0.3 is 14.9 Å². The average Bonchev–Trinajstić information content (AvgIpc) is 2.50. The first-order valence-electron chi connectivity index (χ1n) is 6.39. The Morgan fingerprint density at radius 3 is 2.79 bits per heavy atom. The molecule has 1 aliphatic rings. The van der Waals surface area contributed by atoms with E-state index in [9.17, 15) is 9.59 Å². The molecule has 1 aliphatic heterocycles. The summed E-state index contributed by atoms with van der Waals surface area (Å²) in [7, 11) is 1.74. The van der Waals surface area contributed by atoms with E-state index in [4.69, 9.17) is 5.11 Å². The zero-order valence-corrected chi connectivity index (χ0v) is 11.2. The highest BCUT2D eigenvalue weighted by Gasteiger charge is 2.26. The number of carboxylic acids is 1. The summed E-state index contributed by atoms with van der Waals surface area (Å²) in [5.41, 5.74) is 2.74. The zero-order valence-electron chi connectivity index (χ0n) is 11.2. The van der Waals surface area contributed by atoms with E-state index in [1.807, 2.05) is 25.1 Å². The van der Waals surface area contributed by atoms with Crippen LogP contribution in [0.1, 0.15) is 18.9 Å². The maximum absolute atomic E-state index is 12.0. The summed E-state index contributed by atoms with van der Waals surface area (Å²) in [6.45, 7) is 2.39. The summed E-state index contributed by atoms with van der Waals surface area (Å²) in [5, 5.41) is 9.04. The van der Waals surface area contributed by atoms with E-state index in [0.717, 1.165) is 23.4 Å². The fraction of sp³-hybridized carbons (Fsp3) is 0.429. The molecule has 19 heavy (non-hydrogen) atoms. The molecule has 0 aliphatic carbocycles. The summed E-state index contributed by atoms with van der Waals surface area (Å²) in [4.78, 5) is 26.4. The number of rotatable bonds is 3. The molecule has 1 heterocycles. The molecular formula is C14H18N2O3. The third-order valence-electron chi connectivity index (χ3n) is 3.45. The quantitative estimate of drug-likeness (QED) is 0.897.